The van der Waals surface area contributed by atoms with E-state index < -0.39 is 36.5 Å². The number of amides is 3. The molecule has 2 fully saturated rings. The summed E-state index contributed by atoms with van der Waals surface area (Å²) in [6.07, 6.45) is 16.8. The van der Waals surface area contributed by atoms with Crippen LogP contribution in [0.5, 0.6) is 0 Å². The molecule has 6 aromatic rings. The Morgan fingerprint density at radius 3 is 1.48 bits per heavy atom. The fraction of sp³-hybridized carbons (Fsp3) is 0.393. The molecule has 2 aliphatic carbocycles. The Morgan fingerprint density at radius 2 is 1.08 bits per heavy atom. The van der Waals surface area contributed by atoms with Crippen molar-refractivity contribution in [1.29, 1.82) is 0 Å². The van der Waals surface area contributed by atoms with E-state index in [0.29, 0.717) is 56.3 Å². The zero-order valence-corrected chi connectivity index (χ0v) is 46.6. The van der Waals surface area contributed by atoms with E-state index in [1.807, 2.05) is 24.3 Å². The normalized spacial score (nSPS) is 16.6. The van der Waals surface area contributed by atoms with Crippen molar-refractivity contribution in [2.45, 2.75) is 136 Å². The molecule has 426 valence electrons. The van der Waals surface area contributed by atoms with E-state index in [-0.39, 0.29) is 49.4 Å². The molecule has 0 radical (unpaired) electrons. The van der Waals surface area contributed by atoms with Gasteiger partial charge in [0.15, 0.2) is 0 Å². The van der Waals surface area contributed by atoms with Gasteiger partial charge in [-0.05, 0) is 166 Å². The average molecular weight is 1150 g/mol. The van der Waals surface area contributed by atoms with Gasteiger partial charge in [-0.1, -0.05) is 30.6 Å². The van der Waals surface area contributed by atoms with Crippen molar-refractivity contribution in [3.63, 3.8) is 0 Å². The molecule has 3 amide bonds. The van der Waals surface area contributed by atoms with Gasteiger partial charge in [0, 0.05) is 77.0 Å². The van der Waals surface area contributed by atoms with Gasteiger partial charge in [0.25, 0.3) is 5.91 Å². The first kappa shape index (κ1) is 64.3. The van der Waals surface area contributed by atoms with Crippen LogP contribution in [0.1, 0.15) is 122 Å². The molecule has 0 aliphatic heterocycles. The van der Waals surface area contributed by atoms with Crippen molar-refractivity contribution in [3.05, 3.63) is 131 Å². The number of carbonyl (C=O) groups is 4. The number of nitrogens with one attached hydrogen (secondary N) is 5. The molecule has 4 aromatic heterocycles. The van der Waals surface area contributed by atoms with E-state index in [1.54, 1.807) is 103 Å². The standard InChI is InChI=1S/C27H31ClN6O3.C15H18ClN5.C12H15NO4.CH3F.CH4.ClH/c1-27(2,3)37-26(36)33-19-11-9-17(10-12-19)24(35)31-20-7-4-8-21(14-20)32-25-30-16-22(28)23(34-25)18-6-5-13-29-15-18;16-13-9-19-15(20-12-5-1-4-11(17)7-12)21-14(13)10-3-2-6-18-8-10;1-12(2,3)17-11(16)13-9-6-4-8(5-7-9)10(14)15;1-2;;/h5-6,9-13,15-16,20-21H,4,7-8,14H2,1-3H3,(H,31,35)(H,33,36)(H,30,32,34);2-3,6,8-9,11-12H,1,4-5,7,17H2,(H,19,20,21);4-7H,1-3H3,(H,13,16)(H,14,15);1H3;1H4;1H/t20-,21+;11-,12+;;;;/m00..../s1/i;;;1D;;. The summed E-state index contributed by atoms with van der Waals surface area (Å²) < 4.78 is 25.8. The summed E-state index contributed by atoms with van der Waals surface area (Å²) in [5.41, 5.74) is 9.62. The first-order valence-electron chi connectivity index (χ1n) is 25.5. The SMILES string of the molecule is C.CC(C)(C)OC(=O)Nc1ccc(C(=O)N[C@H]2CCC[C@@H](Nc3ncc(Cl)c(-c4cccnc4)n3)C2)cc1.CC(C)(C)OC(=O)Nc1ccc(C(=O)O)cc1.Cl.N[C@H]1CCC[C@@H](Nc2ncc(Cl)c(-c3cccnc3)n2)C1.[2H]CF. The Labute approximate surface area is 479 Å². The number of carbonyl (C=O) groups excluding carboxylic acids is 3. The minimum Gasteiger partial charge on any atom is -0.478 e. The van der Waals surface area contributed by atoms with Crippen LogP contribution in [0, 0.1) is 0 Å². The molecule has 23 heteroatoms. The van der Waals surface area contributed by atoms with E-state index in [2.05, 4.69) is 56.5 Å². The largest absolute Gasteiger partial charge is 0.478 e. The number of rotatable bonds is 11. The smallest absolute Gasteiger partial charge is 0.412 e. The van der Waals surface area contributed by atoms with E-state index in [1.165, 1.54) is 24.3 Å². The number of carboxylic acids is 1. The van der Waals surface area contributed by atoms with Crippen LogP contribution in [0.3, 0.4) is 0 Å². The van der Waals surface area contributed by atoms with E-state index in [0.717, 1.165) is 62.5 Å². The second kappa shape index (κ2) is 32.0. The summed E-state index contributed by atoms with van der Waals surface area (Å²) >= 11 is 12.5. The van der Waals surface area contributed by atoms with Crippen molar-refractivity contribution in [2.24, 2.45) is 5.73 Å². The molecule has 4 atom stereocenters. The van der Waals surface area contributed by atoms with Crippen molar-refractivity contribution >= 4 is 82.9 Å². The molecule has 2 aromatic carbocycles. The maximum absolute atomic E-state index is 12.8. The molecule has 2 saturated carbocycles. The molecule has 2 aliphatic rings. The number of aromatic carboxylic acids is 1. The molecular weight excluding hydrogens is 1080 g/mol. The zero-order valence-electron chi connectivity index (χ0n) is 45.3. The van der Waals surface area contributed by atoms with Crippen LogP contribution >= 0.6 is 35.6 Å². The van der Waals surface area contributed by atoms with Crippen LogP contribution in [-0.2, 0) is 9.47 Å². The number of ether oxygens (including phenoxy) is 2. The number of benzene rings is 2. The number of anilines is 4. The molecule has 0 spiro atoms. The third-order valence-corrected chi connectivity index (χ3v) is 11.9. The molecule has 0 unspecified atom stereocenters. The fourth-order valence-electron chi connectivity index (χ4n) is 7.97. The number of carboxylic acid groups (broad SMARTS) is 1. The highest BCUT2D eigenvalue weighted by Gasteiger charge is 2.26. The molecule has 8 N–H and O–H groups in total. The first-order valence-corrected chi connectivity index (χ1v) is 25.6. The molecule has 79 heavy (non-hydrogen) atoms. The monoisotopic (exact) mass is 1150 g/mol. The number of nitrogens with zero attached hydrogens (tertiary/aromatic N) is 6. The van der Waals surface area contributed by atoms with Gasteiger partial charge in [0.05, 0.1) is 47.9 Å². The average Bonchev–Trinajstić information content (AvgIpc) is 3.38. The summed E-state index contributed by atoms with van der Waals surface area (Å²) in [5.74, 6) is -0.0736. The highest BCUT2D eigenvalue weighted by molar-refractivity contribution is 6.33. The Hall–Kier alpha value is -7.26. The molecule has 0 saturated heterocycles. The molecule has 19 nitrogen and oxygen atoms in total. The molecular formula is C56H72Cl3FN12O7. The number of aromatic nitrogens is 6. The zero-order chi connectivity index (χ0) is 56.8. The predicted octanol–water partition coefficient (Wildman–Crippen LogP) is 12.9. The minimum absolute atomic E-state index is 0. The molecule has 8 rings (SSSR count). The maximum atomic E-state index is 12.8. The highest BCUT2D eigenvalue weighted by atomic mass is 35.5. The van der Waals surface area contributed by atoms with E-state index in [9.17, 15) is 23.6 Å². The van der Waals surface area contributed by atoms with E-state index >= 15 is 0 Å². The maximum Gasteiger partial charge on any atom is 0.412 e. The van der Waals surface area contributed by atoms with Crippen LogP contribution in [0.25, 0.3) is 22.5 Å². The van der Waals surface area contributed by atoms with Gasteiger partial charge in [-0.25, -0.2) is 34.3 Å². The van der Waals surface area contributed by atoms with Gasteiger partial charge in [-0.15, -0.1) is 12.4 Å². The quantitative estimate of drug-likeness (QED) is 0.0635. The Morgan fingerprint density at radius 1 is 0.658 bits per heavy atom. The second-order valence-electron chi connectivity index (χ2n) is 19.9. The topological polar surface area (TPSA) is 270 Å². The number of nitrogens with two attached hydrogens (primary N) is 1. The van der Waals surface area contributed by atoms with Crippen LogP contribution in [-0.4, -0.2) is 102 Å². The number of hydrogen-bond acceptors (Lipinski definition) is 15. The predicted molar refractivity (Wildman–Crippen MR) is 312 cm³/mol. The van der Waals surface area contributed by atoms with Crippen molar-refractivity contribution in [2.75, 3.05) is 28.4 Å². The first-order chi connectivity index (χ1) is 37.1. The van der Waals surface area contributed by atoms with Gasteiger partial charge in [0.2, 0.25) is 11.9 Å². The third-order valence-electron chi connectivity index (χ3n) is 11.3. The minimum atomic E-state index is -1.01. The van der Waals surface area contributed by atoms with E-state index in [4.69, 9.17) is 44.9 Å². The number of halogens is 4. The third kappa shape index (κ3) is 22.9. The van der Waals surface area contributed by atoms with Crippen molar-refractivity contribution in [1.82, 2.24) is 35.2 Å². The van der Waals surface area contributed by atoms with Gasteiger partial charge >= 0.3 is 18.2 Å². The highest BCUT2D eigenvalue weighted by Crippen LogP contribution is 2.29. The fourth-order valence-corrected chi connectivity index (χ4v) is 8.37. The Bertz CT molecular complexity index is 2880. The van der Waals surface area contributed by atoms with Gasteiger partial charge in [0.1, 0.15) is 11.2 Å². The number of pyridine rings is 2. The summed E-state index contributed by atoms with van der Waals surface area (Å²) in [4.78, 5) is 72.8. The lowest BCUT2D eigenvalue weighted by molar-refractivity contribution is 0.0624. The summed E-state index contributed by atoms with van der Waals surface area (Å²) in [7, 11) is -1.00. The lowest BCUT2D eigenvalue weighted by Crippen LogP contribution is -2.42. The van der Waals surface area contributed by atoms with Crippen molar-refractivity contribution in [3.8, 4) is 22.5 Å². The summed E-state index contributed by atoms with van der Waals surface area (Å²) in [6.45, 7) is 10.7. The lowest BCUT2D eigenvalue weighted by Gasteiger charge is -2.30. The van der Waals surface area contributed by atoms with Gasteiger partial charge in [-0.2, -0.15) is 0 Å². The van der Waals surface area contributed by atoms with Crippen LogP contribution in [0.4, 0.5) is 37.3 Å². The number of alkyl halides is 1. The molecule has 4 heterocycles. The van der Waals surface area contributed by atoms with Crippen LogP contribution in [0.15, 0.2) is 110 Å². The van der Waals surface area contributed by atoms with Gasteiger partial charge in [-0.3, -0.25) is 29.8 Å². The number of hydrogen-bond donors (Lipinski definition) is 7. The second-order valence-corrected chi connectivity index (χ2v) is 20.7. The van der Waals surface area contributed by atoms with Crippen LogP contribution < -0.4 is 32.3 Å². The van der Waals surface area contributed by atoms with Crippen LogP contribution in [0.2, 0.25) is 10.0 Å². The molecule has 0 bridgehead atoms. The summed E-state index contributed by atoms with van der Waals surface area (Å²) in [6, 6.07) is 20.8. The Balaban J connectivity index is 0.000000331. The summed E-state index contributed by atoms with van der Waals surface area (Å²) in [5, 5.41) is 24.8. The Kier molecular flexibility index (Phi) is 26.0. The lowest BCUT2D eigenvalue weighted by atomic mass is 9.91. The van der Waals surface area contributed by atoms with Gasteiger partial charge < -0.3 is 36.3 Å². The van der Waals surface area contributed by atoms with Crippen molar-refractivity contribution < 1.29 is 39.5 Å².